The molecule has 1 amide bonds. The fraction of sp³-hybridized carbons (Fsp3) is 0.333. The van der Waals surface area contributed by atoms with Crippen LogP contribution in [0.4, 0.5) is 0 Å². The highest BCUT2D eigenvalue weighted by Gasteiger charge is 2.41. The van der Waals surface area contributed by atoms with Gasteiger partial charge < -0.3 is 4.90 Å². The monoisotopic (exact) mass is 318 g/mol. The van der Waals surface area contributed by atoms with Crippen LogP contribution in [-0.2, 0) is 6.42 Å². The molecule has 3 heteroatoms. The number of nitriles is 1. The van der Waals surface area contributed by atoms with E-state index in [2.05, 4.69) is 18.2 Å². The van der Waals surface area contributed by atoms with Crippen molar-refractivity contribution in [1.29, 1.82) is 5.26 Å². The van der Waals surface area contributed by atoms with Gasteiger partial charge >= 0.3 is 0 Å². The van der Waals surface area contributed by atoms with Crippen LogP contribution in [0.3, 0.4) is 0 Å². The van der Waals surface area contributed by atoms with E-state index in [4.69, 9.17) is 0 Å². The van der Waals surface area contributed by atoms with Gasteiger partial charge in [-0.1, -0.05) is 48.5 Å². The predicted octanol–water partition coefficient (Wildman–Crippen LogP) is 4.21. The molecule has 1 heterocycles. The number of hydrogen-bond acceptors (Lipinski definition) is 2. The first-order valence-corrected chi connectivity index (χ1v) is 8.57. The van der Waals surface area contributed by atoms with Crippen molar-refractivity contribution < 1.29 is 4.79 Å². The first kappa shape index (κ1) is 16.3. The molecule has 24 heavy (non-hydrogen) atoms. The van der Waals surface area contributed by atoms with Gasteiger partial charge in [-0.3, -0.25) is 4.79 Å². The van der Waals surface area contributed by atoms with Crippen molar-refractivity contribution in [2.24, 2.45) is 0 Å². The van der Waals surface area contributed by atoms with E-state index in [0.717, 1.165) is 25.7 Å². The van der Waals surface area contributed by atoms with Gasteiger partial charge in [0.15, 0.2) is 0 Å². The number of likely N-dealkylation sites (tertiary alicyclic amines) is 1. The van der Waals surface area contributed by atoms with Crippen molar-refractivity contribution in [1.82, 2.24) is 4.90 Å². The molecule has 0 aliphatic carbocycles. The molecule has 1 aliphatic heterocycles. The molecule has 1 fully saturated rings. The van der Waals surface area contributed by atoms with Crippen molar-refractivity contribution in [3.63, 3.8) is 0 Å². The molecular weight excluding hydrogens is 296 g/mol. The maximum atomic E-state index is 13.0. The molecule has 0 N–H and O–H groups in total. The number of carbonyl (C=O) groups is 1. The summed E-state index contributed by atoms with van der Waals surface area (Å²) in [7, 11) is 0. The van der Waals surface area contributed by atoms with Crippen LogP contribution in [0.5, 0.6) is 0 Å². The minimum Gasteiger partial charge on any atom is -0.320 e. The Hall–Kier alpha value is -2.60. The standard InChI is InChI=1S/C21H22N2O/c22-17-21(15-13-18-9-3-1-4-10-18)14-7-8-16-23(21)20(24)19-11-5-2-6-12-19/h1-6,9-12H,7-8,13-16H2. The fourth-order valence-electron chi connectivity index (χ4n) is 3.50. The first-order valence-electron chi connectivity index (χ1n) is 8.57. The predicted molar refractivity (Wildman–Crippen MR) is 94.4 cm³/mol. The van der Waals surface area contributed by atoms with Gasteiger partial charge in [0.05, 0.1) is 6.07 Å². The summed E-state index contributed by atoms with van der Waals surface area (Å²) in [5, 5.41) is 9.94. The summed E-state index contributed by atoms with van der Waals surface area (Å²) in [5.74, 6) is -0.0232. The Bertz CT molecular complexity index is 721. The molecule has 1 atom stereocenters. The third-order valence-electron chi connectivity index (χ3n) is 4.88. The Kier molecular flexibility index (Phi) is 4.96. The molecule has 122 valence electrons. The number of aryl methyl sites for hydroxylation is 1. The van der Waals surface area contributed by atoms with Crippen LogP contribution in [0.15, 0.2) is 60.7 Å². The van der Waals surface area contributed by atoms with Crippen molar-refractivity contribution in [2.45, 2.75) is 37.6 Å². The van der Waals surface area contributed by atoms with Gasteiger partial charge in [0.1, 0.15) is 5.54 Å². The fourth-order valence-corrected chi connectivity index (χ4v) is 3.50. The average Bonchev–Trinajstić information content (AvgIpc) is 2.67. The molecule has 0 spiro atoms. The van der Waals surface area contributed by atoms with E-state index >= 15 is 0 Å². The molecule has 0 aromatic heterocycles. The third kappa shape index (κ3) is 3.33. The lowest BCUT2D eigenvalue weighted by Gasteiger charge is -2.42. The summed E-state index contributed by atoms with van der Waals surface area (Å²) >= 11 is 0. The van der Waals surface area contributed by atoms with Gasteiger partial charge in [-0.2, -0.15) is 5.26 Å². The smallest absolute Gasteiger partial charge is 0.255 e. The Morgan fingerprint density at radius 1 is 1.04 bits per heavy atom. The van der Waals surface area contributed by atoms with Crippen LogP contribution in [-0.4, -0.2) is 22.9 Å². The number of nitrogens with zero attached hydrogens (tertiary/aromatic N) is 2. The number of rotatable bonds is 4. The molecule has 0 radical (unpaired) electrons. The van der Waals surface area contributed by atoms with Crippen LogP contribution < -0.4 is 0 Å². The third-order valence-corrected chi connectivity index (χ3v) is 4.88. The van der Waals surface area contributed by atoms with Gasteiger partial charge in [0, 0.05) is 12.1 Å². The van der Waals surface area contributed by atoms with E-state index in [1.165, 1.54) is 5.56 Å². The highest BCUT2D eigenvalue weighted by atomic mass is 16.2. The summed E-state index contributed by atoms with van der Waals surface area (Å²) in [6.45, 7) is 0.663. The Labute approximate surface area is 143 Å². The maximum absolute atomic E-state index is 13.0. The SMILES string of the molecule is N#CC1(CCc2ccccc2)CCCCN1C(=O)c1ccccc1. The van der Waals surface area contributed by atoms with Crippen LogP contribution in [0.25, 0.3) is 0 Å². The number of carbonyl (C=O) groups excluding carboxylic acids is 1. The number of piperidine rings is 1. The second-order valence-electron chi connectivity index (χ2n) is 6.41. The summed E-state index contributed by atoms with van der Waals surface area (Å²) in [4.78, 5) is 14.8. The van der Waals surface area contributed by atoms with Gasteiger partial charge in [0.25, 0.3) is 5.91 Å². The lowest BCUT2D eigenvalue weighted by atomic mass is 9.82. The number of amides is 1. The summed E-state index contributed by atoms with van der Waals surface area (Å²) in [6.07, 6.45) is 4.22. The number of hydrogen-bond donors (Lipinski definition) is 0. The summed E-state index contributed by atoms with van der Waals surface area (Å²) in [6, 6.07) is 22.0. The topological polar surface area (TPSA) is 44.1 Å². The lowest BCUT2D eigenvalue weighted by Crippen LogP contribution is -2.54. The minimum atomic E-state index is -0.693. The van der Waals surface area contributed by atoms with Crippen LogP contribution in [0.2, 0.25) is 0 Å². The van der Waals surface area contributed by atoms with E-state index in [1.807, 2.05) is 53.4 Å². The Morgan fingerprint density at radius 3 is 2.38 bits per heavy atom. The molecule has 2 aromatic rings. The Morgan fingerprint density at radius 2 is 1.71 bits per heavy atom. The zero-order valence-corrected chi connectivity index (χ0v) is 13.8. The molecule has 0 bridgehead atoms. The molecule has 0 saturated carbocycles. The second-order valence-corrected chi connectivity index (χ2v) is 6.41. The van der Waals surface area contributed by atoms with E-state index in [1.54, 1.807) is 0 Å². The van der Waals surface area contributed by atoms with Crippen molar-refractivity contribution >= 4 is 5.91 Å². The van der Waals surface area contributed by atoms with Crippen LogP contribution >= 0.6 is 0 Å². The van der Waals surface area contributed by atoms with Crippen molar-refractivity contribution in [3.8, 4) is 6.07 Å². The Balaban J connectivity index is 1.83. The van der Waals surface area contributed by atoms with Gasteiger partial charge in [0.2, 0.25) is 0 Å². The maximum Gasteiger partial charge on any atom is 0.255 e. The highest BCUT2D eigenvalue weighted by molar-refractivity contribution is 5.95. The van der Waals surface area contributed by atoms with E-state index in [-0.39, 0.29) is 5.91 Å². The summed E-state index contributed by atoms with van der Waals surface area (Å²) in [5.41, 5.74) is 1.18. The van der Waals surface area contributed by atoms with Gasteiger partial charge in [-0.15, -0.1) is 0 Å². The average molecular weight is 318 g/mol. The van der Waals surface area contributed by atoms with Crippen molar-refractivity contribution in [3.05, 3.63) is 71.8 Å². The molecule has 3 rings (SSSR count). The quantitative estimate of drug-likeness (QED) is 0.847. The molecule has 1 unspecified atom stereocenters. The van der Waals surface area contributed by atoms with Crippen molar-refractivity contribution in [2.75, 3.05) is 6.54 Å². The van der Waals surface area contributed by atoms with E-state index < -0.39 is 5.54 Å². The number of benzene rings is 2. The first-order chi connectivity index (χ1) is 11.7. The molecule has 3 nitrogen and oxygen atoms in total. The normalized spacial score (nSPS) is 20.4. The molecule has 1 saturated heterocycles. The van der Waals surface area contributed by atoms with Crippen LogP contribution in [0, 0.1) is 11.3 Å². The van der Waals surface area contributed by atoms with E-state index in [0.29, 0.717) is 18.5 Å². The largest absolute Gasteiger partial charge is 0.320 e. The highest BCUT2D eigenvalue weighted by Crippen LogP contribution is 2.33. The van der Waals surface area contributed by atoms with Crippen LogP contribution in [0.1, 0.15) is 41.6 Å². The molecule has 2 aromatic carbocycles. The zero-order chi connectivity index (χ0) is 16.8. The molecule has 1 aliphatic rings. The zero-order valence-electron chi connectivity index (χ0n) is 13.8. The minimum absolute atomic E-state index is 0.0232. The molecular formula is C21H22N2O. The summed E-state index contributed by atoms with van der Waals surface area (Å²) < 4.78 is 0. The second kappa shape index (κ2) is 7.31. The van der Waals surface area contributed by atoms with E-state index in [9.17, 15) is 10.1 Å². The van der Waals surface area contributed by atoms with Gasteiger partial charge in [-0.05, 0) is 49.8 Å². The van der Waals surface area contributed by atoms with Gasteiger partial charge in [-0.25, -0.2) is 0 Å². The lowest BCUT2D eigenvalue weighted by molar-refractivity contribution is 0.0459.